The number of phenols is 1. The number of para-hydroxylation sites is 2. The molecule has 0 saturated heterocycles. The largest absolute Gasteiger partial charge is 0.507 e. The van der Waals surface area contributed by atoms with Gasteiger partial charge in [0.25, 0.3) is 0 Å². The molecule has 6 aromatic carbocycles. The molecular formula is C49H38N3OPt-. The molecule has 8 rings (SSSR count). The first-order valence-electron chi connectivity index (χ1n) is 17.8. The number of rotatable bonds is 9. The number of aromatic nitrogens is 2. The Bertz CT molecular complexity index is 2430. The van der Waals surface area contributed by atoms with Gasteiger partial charge in [0, 0.05) is 43.9 Å². The van der Waals surface area contributed by atoms with Crippen molar-refractivity contribution in [1.82, 2.24) is 9.97 Å². The summed E-state index contributed by atoms with van der Waals surface area (Å²) in [5.74, 6) is 0.956. The summed E-state index contributed by atoms with van der Waals surface area (Å²) in [5.41, 5.74) is 11.2. The Morgan fingerprint density at radius 2 is 1.11 bits per heavy atom. The molecule has 0 aliphatic carbocycles. The van der Waals surface area contributed by atoms with Gasteiger partial charge in [-0.3, -0.25) is 4.98 Å². The summed E-state index contributed by atoms with van der Waals surface area (Å²) in [6.07, 6.45) is 1.81. The van der Waals surface area contributed by atoms with Crippen molar-refractivity contribution < 1.29 is 26.2 Å². The van der Waals surface area contributed by atoms with E-state index in [-0.39, 0.29) is 32.2 Å². The normalized spacial score (nSPS) is 11.1. The zero-order chi connectivity index (χ0) is 36.2. The summed E-state index contributed by atoms with van der Waals surface area (Å²) in [5, 5.41) is 11.0. The van der Waals surface area contributed by atoms with Crippen LogP contribution in [0.15, 0.2) is 188 Å². The summed E-state index contributed by atoms with van der Waals surface area (Å²) in [6, 6.07) is 65.5. The number of benzene rings is 6. The second kappa shape index (κ2) is 15.9. The monoisotopic (exact) mass is 879 g/mol. The van der Waals surface area contributed by atoms with Crippen molar-refractivity contribution in [2.24, 2.45) is 0 Å². The van der Waals surface area contributed by atoms with E-state index in [2.05, 4.69) is 140 Å². The average molecular weight is 880 g/mol. The minimum Gasteiger partial charge on any atom is -0.507 e. The zero-order valence-corrected chi connectivity index (χ0v) is 32.3. The van der Waals surface area contributed by atoms with Gasteiger partial charge in [-0.25, -0.2) is 4.98 Å². The first kappa shape index (κ1) is 36.3. The number of phenolic OH excluding ortho intramolecular Hbond substituents is 1. The first-order valence-corrected chi connectivity index (χ1v) is 17.8. The molecule has 2 aromatic heterocycles. The molecule has 4 nitrogen and oxygen atoms in total. The minimum absolute atomic E-state index is 0. The second-order valence-corrected chi connectivity index (χ2v) is 13.6. The van der Waals surface area contributed by atoms with E-state index in [1.807, 2.05) is 66.9 Å². The van der Waals surface area contributed by atoms with Crippen LogP contribution in [0.2, 0.25) is 0 Å². The molecule has 0 spiro atoms. The molecule has 0 fully saturated rings. The Kier molecular flexibility index (Phi) is 10.7. The van der Waals surface area contributed by atoms with Crippen LogP contribution in [0, 0.1) is 6.07 Å². The summed E-state index contributed by atoms with van der Waals surface area (Å²) in [7, 11) is 0. The van der Waals surface area contributed by atoms with E-state index in [9.17, 15) is 5.11 Å². The third kappa shape index (κ3) is 7.53. The minimum atomic E-state index is -0.161. The second-order valence-electron chi connectivity index (χ2n) is 13.6. The summed E-state index contributed by atoms with van der Waals surface area (Å²) < 4.78 is 0. The van der Waals surface area contributed by atoms with Gasteiger partial charge in [-0.15, -0.1) is 23.8 Å². The average Bonchev–Trinajstić information content (AvgIpc) is 3.22. The fourth-order valence-electron chi connectivity index (χ4n) is 6.83. The molecule has 0 radical (unpaired) electrons. The number of aromatic hydroxyl groups is 1. The molecule has 1 N–H and O–H groups in total. The van der Waals surface area contributed by atoms with Crippen molar-refractivity contribution in [2.75, 3.05) is 4.90 Å². The van der Waals surface area contributed by atoms with Crippen molar-refractivity contribution in [3.8, 4) is 50.5 Å². The van der Waals surface area contributed by atoms with E-state index in [1.165, 1.54) is 11.1 Å². The molecule has 0 bridgehead atoms. The van der Waals surface area contributed by atoms with Gasteiger partial charge >= 0.3 is 0 Å². The fraction of sp³-hybridized carbons (Fsp3) is 0.0612. The Hall–Kier alpha value is -6.09. The van der Waals surface area contributed by atoms with E-state index in [0.29, 0.717) is 11.3 Å². The standard InChI is InChI=1S/C49H38N3O.Pt/c1-49(2,40-18-8-4-9-19-40)41-27-25-36(26-28-41)38-33-45(51-46(34-38)44-22-12-13-23-47(44)53)39-30-37(35-16-6-3-7-17-35)31-43(32-39)52(42-20-10-5-11-21-42)48-24-14-15-29-50-48;/h3-31,33-34,53H,1-2H3;/q-1;. The summed E-state index contributed by atoms with van der Waals surface area (Å²) in [4.78, 5) is 12.1. The quantitative estimate of drug-likeness (QED) is 0.147. The summed E-state index contributed by atoms with van der Waals surface area (Å²) >= 11 is 0. The van der Waals surface area contributed by atoms with Crippen LogP contribution in [-0.4, -0.2) is 15.1 Å². The number of hydrogen-bond acceptors (Lipinski definition) is 4. The van der Waals surface area contributed by atoms with Gasteiger partial charge in [0.2, 0.25) is 0 Å². The van der Waals surface area contributed by atoms with Crippen LogP contribution in [-0.2, 0) is 26.5 Å². The molecule has 54 heavy (non-hydrogen) atoms. The van der Waals surface area contributed by atoms with Crippen molar-refractivity contribution >= 4 is 17.2 Å². The Balaban J connectivity index is 0.00000450. The smallest absolute Gasteiger partial charge is 0.136 e. The molecule has 266 valence electrons. The van der Waals surface area contributed by atoms with Gasteiger partial charge in [-0.1, -0.05) is 147 Å². The Labute approximate surface area is 331 Å². The first-order chi connectivity index (χ1) is 25.9. The summed E-state index contributed by atoms with van der Waals surface area (Å²) in [6.45, 7) is 4.52. The number of nitrogens with zero attached hydrogens (tertiary/aromatic N) is 3. The van der Waals surface area contributed by atoms with Crippen LogP contribution in [0.3, 0.4) is 0 Å². The van der Waals surface area contributed by atoms with E-state index in [1.54, 1.807) is 6.07 Å². The molecule has 0 saturated carbocycles. The van der Waals surface area contributed by atoms with Crippen LogP contribution >= 0.6 is 0 Å². The van der Waals surface area contributed by atoms with E-state index in [4.69, 9.17) is 9.97 Å². The third-order valence-electron chi connectivity index (χ3n) is 9.81. The van der Waals surface area contributed by atoms with Crippen LogP contribution in [0.1, 0.15) is 25.0 Å². The molecule has 5 heteroatoms. The number of pyridine rings is 2. The fourth-order valence-corrected chi connectivity index (χ4v) is 6.83. The molecule has 0 aliphatic heterocycles. The topological polar surface area (TPSA) is 49.2 Å². The van der Waals surface area contributed by atoms with E-state index in [0.717, 1.165) is 50.7 Å². The van der Waals surface area contributed by atoms with Gasteiger partial charge in [0.05, 0.1) is 5.69 Å². The van der Waals surface area contributed by atoms with Gasteiger partial charge in [-0.2, -0.15) is 0 Å². The molecule has 0 amide bonds. The van der Waals surface area contributed by atoms with Crippen molar-refractivity contribution in [3.63, 3.8) is 0 Å². The van der Waals surface area contributed by atoms with Crippen LogP contribution in [0.4, 0.5) is 17.2 Å². The van der Waals surface area contributed by atoms with Gasteiger partial charge in [-0.05, 0) is 81.7 Å². The van der Waals surface area contributed by atoms with Crippen LogP contribution in [0.25, 0.3) is 44.8 Å². The molecule has 0 unspecified atom stereocenters. The molecule has 0 atom stereocenters. The maximum absolute atomic E-state index is 11.0. The van der Waals surface area contributed by atoms with Gasteiger partial charge in [0.1, 0.15) is 11.6 Å². The maximum Gasteiger partial charge on any atom is 0.136 e. The predicted octanol–water partition coefficient (Wildman–Crippen LogP) is 12.4. The Morgan fingerprint density at radius 1 is 0.537 bits per heavy atom. The zero-order valence-electron chi connectivity index (χ0n) is 30.0. The van der Waals surface area contributed by atoms with Crippen molar-refractivity contribution in [3.05, 3.63) is 205 Å². The predicted molar refractivity (Wildman–Crippen MR) is 218 cm³/mol. The molecular weight excluding hydrogens is 842 g/mol. The molecule has 0 aliphatic rings. The molecule has 8 aromatic rings. The molecule has 2 heterocycles. The van der Waals surface area contributed by atoms with Gasteiger partial charge < -0.3 is 10.0 Å². The van der Waals surface area contributed by atoms with E-state index < -0.39 is 0 Å². The van der Waals surface area contributed by atoms with Crippen LogP contribution in [0.5, 0.6) is 5.75 Å². The van der Waals surface area contributed by atoms with Crippen molar-refractivity contribution in [2.45, 2.75) is 19.3 Å². The number of hydrogen-bond donors (Lipinski definition) is 1. The Morgan fingerprint density at radius 3 is 1.80 bits per heavy atom. The SMILES string of the molecule is CC(C)(c1ccccc1)c1ccc(-c2cc(-c3[c-]c(N(c4ccccc4)c4ccccn4)cc(-c4ccccc4)c3)nc(-c3ccccc3O)c2)cc1.[Pt]. The van der Waals surface area contributed by atoms with E-state index >= 15 is 0 Å². The number of anilines is 3. The third-order valence-corrected chi connectivity index (χ3v) is 9.81. The van der Waals surface area contributed by atoms with Gasteiger partial charge in [0.15, 0.2) is 0 Å². The van der Waals surface area contributed by atoms with Crippen LogP contribution < -0.4 is 4.90 Å². The maximum atomic E-state index is 11.0. The van der Waals surface area contributed by atoms with Crippen molar-refractivity contribution in [1.29, 1.82) is 0 Å².